The Morgan fingerprint density at radius 2 is 2.19 bits per heavy atom. The maximum absolute atomic E-state index is 11.8. The zero-order valence-electron chi connectivity index (χ0n) is 9.17. The molecule has 3 heteroatoms. The van der Waals surface area contributed by atoms with Crippen LogP contribution < -0.4 is 4.74 Å². The van der Waals surface area contributed by atoms with E-state index in [9.17, 15) is 4.79 Å². The maximum Gasteiger partial charge on any atom is 0.179 e. The summed E-state index contributed by atoms with van der Waals surface area (Å²) >= 11 is 0. The predicted molar refractivity (Wildman–Crippen MR) is 62.1 cm³/mol. The Morgan fingerprint density at radius 3 is 3.00 bits per heavy atom. The third-order valence-electron chi connectivity index (χ3n) is 3.22. The lowest BCUT2D eigenvalue weighted by Gasteiger charge is -2.10. The first-order valence-electron chi connectivity index (χ1n) is 5.52. The number of H-pyrrole nitrogens is 1. The molecule has 0 bridgehead atoms. The lowest BCUT2D eigenvalue weighted by molar-refractivity contribution is 0.0968. The minimum absolute atomic E-state index is 0.222. The molecule has 1 aromatic heterocycles. The van der Waals surface area contributed by atoms with Gasteiger partial charge in [0, 0.05) is 17.3 Å². The molecule has 16 heavy (non-hydrogen) atoms. The lowest BCUT2D eigenvalue weighted by Crippen LogP contribution is -2.09. The van der Waals surface area contributed by atoms with Crippen molar-refractivity contribution in [3.05, 3.63) is 29.5 Å². The first-order chi connectivity index (χ1) is 7.81. The van der Waals surface area contributed by atoms with Gasteiger partial charge in [-0.1, -0.05) is 6.07 Å². The fourth-order valence-corrected chi connectivity index (χ4v) is 2.49. The van der Waals surface area contributed by atoms with E-state index in [4.69, 9.17) is 4.74 Å². The zero-order chi connectivity index (χ0) is 11.1. The molecular formula is C13H13NO2. The predicted octanol–water partition coefficient (Wildman–Crippen LogP) is 2.70. The summed E-state index contributed by atoms with van der Waals surface area (Å²) in [6, 6.07) is 5.87. The van der Waals surface area contributed by atoms with E-state index in [1.165, 1.54) is 0 Å². The second kappa shape index (κ2) is 3.37. The van der Waals surface area contributed by atoms with Crippen LogP contribution in [0.2, 0.25) is 0 Å². The normalized spacial score (nSPS) is 15.2. The van der Waals surface area contributed by atoms with Crippen molar-refractivity contribution in [1.82, 2.24) is 4.98 Å². The van der Waals surface area contributed by atoms with Crippen molar-refractivity contribution in [2.75, 3.05) is 7.11 Å². The van der Waals surface area contributed by atoms with E-state index in [-0.39, 0.29) is 5.78 Å². The van der Waals surface area contributed by atoms with E-state index >= 15 is 0 Å². The summed E-state index contributed by atoms with van der Waals surface area (Å²) in [5.74, 6) is 1.07. The van der Waals surface area contributed by atoms with Crippen molar-refractivity contribution in [3.63, 3.8) is 0 Å². The Morgan fingerprint density at radius 1 is 1.31 bits per heavy atom. The molecule has 0 aliphatic heterocycles. The molecule has 0 spiro atoms. The highest BCUT2D eigenvalue weighted by molar-refractivity contribution is 6.04. The molecule has 3 nitrogen and oxygen atoms in total. The quantitative estimate of drug-likeness (QED) is 0.794. The molecule has 0 saturated heterocycles. The third kappa shape index (κ3) is 1.18. The molecule has 0 saturated carbocycles. The standard InChI is InChI=1S/C13H13NO2/c1-16-11-7-3-5-9-12(11)8-4-2-6-10(15)13(8)14-9/h3,5,7,14H,2,4,6H2,1H3. The number of ketones is 1. The Labute approximate surface area is 93.4 Å². The van der Waals surface area contributed by atoms with Gasteiger partial charge < -0.3 is 9.72 Å². The van der Waals surface area contributed by atoms with Gasteiger partial charge >= 0.3 is 0 Å². The van der Waals surface area contributed by atoms with Gasteiger partial charge in [-0.15, -0.1) is 0 Å². The van der Waals surface area contributed by atoms with E-state index in [1.54, 1.807) is 7.11 Å². The SMILES string of the molecule is COc1cccc2[nH]c3c(c12)CCCC3=O. The number of hydrogen-bond donors (Lipinski definition) is 1. The number of rotatable bonds is 1. The maximum atomic E-state index is 11.8. The van der Waals surface area contributed by atoms with Crippen LogP contribution in [0.1, 0.15) is 28.9 Å². The molecule has 0 fully saturated rings. The highest BCUT2D eigenvalue weighted by Crippen LogP contribution is 2.34. The first kappa shape index (κ1) is 9.46. The number of carbonyl (C=O) groups is 1. The summed E-state index contributed by atoms with van der Waals surface area (Å²) in [6.07, 6.45) is 2.56. The molecule has 0 amide bonds. The van der Waals surface area contributed by atoms with Crippen molar-refractivity contribution >= 4 is 16.7 Å². The van der Waals surface area contributed by atoms with Gasteiger partial charge in [0.15, 0.2) is 5.78 Å². The van der Waals surface area contributed by atoms with Gasteiger partial charge in [0.2, 0.25) is 0 Å². The Kier molecular flexibility index (Phi) is 1.99. The van der Waals surface area contributed by atoms with Crippen LogP contribution in [0.4, 0.5) is 0 Å². The van der Waals surface area contributed by atoms with Gasteiger partial charge in [-0.25, -0.2) is 0 Å². The Hall–Kier alpha value is -1.77. The summed E-state index contributed by atoms with van der Waals surface area (Å²) in [5, 5.41) is 1.08. The highest BCUT2D eigenvalue weighted by atomic mass is 16.5. The summed E-state index contributed by atoms with van der Waals surface area (Å²) in [7, 11) is 1.67. The second-order valence-corrected chi connectivity index (χ2v) is 4.14. The third-order valence-corrected chi connectivity index (χ3v) is 3.22. The van der Waals surface area contributed by atoms with Gasteiger partial charge in [0.1, 0.15) is 5.75 Å². The molecule has 0 atom stereocenters. The fraction of sp³-hybridized carbons (Fsp3) is 0.308. The number of Topliss-reactive ketones (excluding diaryl/α,β-unsaturated/α-hetero) is 1. The number of ether oxygens (including phenoxy) is 1. The number of fused-ring (bicyclic) bond motifs is 3. The molecule has 3 rings (SSSR count). The van der Waals surface area contributed by atoms with Crippen LogP contribution in [0, 0.1) is 0 Å². The molecule has 2 aromatic rings. The minimum atomic E-state index is 0.222. The van der Waals surface area contributed by atoms with Gasteiger partial charge in [-0.2, -0.15) is 0 Å². The second-order valence-electron chi connectivity index (χ2n) is 4.14. The summed E-state index contributed by atoms with van der Waals surface area (Å²) in [4.78, 5) is 15.0. The molecule has 0 unspecified atom stereocenters. The molecule has 1 aromatic carbocycles. The minimum Gasteiger partial charge on any atom is -0.496 e. The van der Waals surface area contributed by atoms with Gasteiger partial charge in [0.05, 0.1) is 12.8 Å². The van der Waals surface area contributed by atoms with Gasteiger partial charge in [-0.05, 0) is 30.5 Å². The van der Waals surface area contributed by atoms with Crippen molar-refractivity contribution < 1.29 is 9.53 Å². The number of carbonyl (C=O) groups excluding carboxylic acids is 1. The summed E-state index contributed by atoms with van der Waals surface area (Å²) < 4.78 is 5.36. The monoisotopic (exact) mass is 215 g/mol. The van der Waals surface area contributed by atoms with Crippen molar-refractivity contribution in [2.24, 2.45) is 0 Å². The van der Waals surface area contributed by atoms with Crippen molar-refractivity contribution in [2.45, 2.75) is 19.3 Å². The number of methoxy groups -OCH3 is 1. The molecule has 1 N–H and O–H groups in total. The van der Waals surface area contributed by atoms with Gasteiger partial charge in [0.25, 0.3) is 0 Å². The molecule has 1 aliphatic rings. The van der Waals surface area contributed by atoms with Gasteiger partial charge in [-0.3, -0.25) is 4.79 Å². The largest absolute Gasteiger partial charge is 0.496 e. The number of aryl methyl sites for hydroxylation is 1. The fourth-order valence-electron chi connectivity index (χ4n) is 2.49. The topological polar surface area (TPSA) is 42.1 Å². The number of aromatic nitrogens is 1. The van der Waals surface area contributed by atoms with Crippen molar-refractivity contribution in [3.8, 4) is 5.75 Å². The Bertz CT molecular complexity index is 569. The smallest absolute Gasteiger partial charge is 0.179 e. The summed E-state index contributed by atoms with van der Waals surface area (Å²) in [5.41, 5.74) is 2.91. The van der Waals surface area contributed by atoms with Crippen LogP contribution in [-0.4, -0.2) is 17.9 Å². The van der Waals surface area contributed by atoms with Crippen LogP contribution in [0.5, 0.6) is 5.75 Å². The number of hydrogen-bond acceptors (Lipinski definition) is 2. The number of aromatic amines is 1. The summed E-state index contributed by atoms with van der Waals surface area (Å²) in [6.45, 7) is 0. The molecular weight excluding hydrogens is 202 g/mol. The van der Waals surface area contributed by atoms with E-state index < -0.39 is 0 Å². The number of nitrogens with one attached hydrogen (secondary N) is 1. The lowest BCUT2D eigenvalue weighted by atomic mass is 9.94. The van der Waals surface area contributed by atoms with Crippen LogP contribution in [0.15, 0.2) is 18.2 Å². The van der Waals surface area contributed by atoms with E-state index in [0.29, 0.717) is 6.42 Å². The molecule has 1 aliphatic carbocycles. The average Bonchev–Trinajstić information content (AvgIpc) is 2.69. The van der Waals surface area contributed by atoms with E-state index in [2.05, 4.69) is 4.98 Å². The van der Waals surface area contributed by atoms with Crippen LogP contribution >= 0.6 is 0 Å². The van der Waals surface area contributed by atoms with Crippen LogP contribution in [0.25, 0.3) is 10.9 Å². The zero-order valence-corrected chi connectivity index (χ0v) is 9.17. The molecule has 82 valence electrons. The highest BCUT2D eigenvalue weighted by Gasteiger charge is 2.23. The first-order valence-corrected chi connectivity index (χ1v) is 5.52. The van der Waals surface area contributed by atoms with Crippen LogP contribution in [0.3, 0.4) is 0 Å². The average molecular weight is 215 g/mol. The molecule has 0 radical (unpaired) electrons. The van der Waals surface area contributed by atoms with Crippen molar-refractivity contribution in [1.29, 1.82) is 0 Å². The van der Waals surface area contributed by atoms with E-state index in [0.717, 1.165) is 40.8 Å². The van der Waals surface area contributed by atoms with E-state index in [1.807, 2.05) is 18.2 Å². The number of benzene rings is 1. The molecule has 1 heterocycles. The Balaban J connectivity index is 2.37. The van der Waals surface area contributed by atoms with Crippen LogP contribution in [-0.2, 0) is 6.42 Å².